The standard InChI is InChI=1S/C11H21S/c1-8-5-6-9-7-10(8)12(4)11(9,2)3/h8-10H,5-7H2,1-4H3/q+1. The second kappa shape index (κ2) is 2.67. The first-order chi connectivity index (χ1) is 5.53. The molecule has 1 aliphatic heterocycles. The summed E-state index contributed by atoms with van der Waals surface area (Å²) in [6.45, 7) is 7.46. The fourth-order valence-corrected chi connectivity index (χ4v) is 5.93. The van der Waals surface area contributed by atoms with Crippen LogP contribution < -0.4 is 0 Å². The Morgan fingerprint density at radius 1 is 1.25 bits per heavy atom. The molecule has 0 aromatic heterocycles. The molecule has 0 aromatic carbocycles. The summed E-state index contributed by atoms with van der Waals surface area (Å²) in [6, 6.07) is 0. The Bertz CT molecular complexity index is 185. The fourth-order valence-electron chi connectivity index (χ4n) is 3.06. The van der Waals surface area contributed by atoms with E-state index in [-0.39, 0.29) is 0 Å². The quantitative estimate of drug-likeness (QED) is 0.509. The summed E-state index contributed by atoms with van der Waals surface area (Å²) >= 11 is 0. The molecule has 1 aliphatic carbocycles. The van der Waals surface area contributed by atoms with Crippen molar-refractivity contribution in [3.8, 4) is 0 Å². The zero-order valence-electron chi connectivity index (χ0n) is 8.76. The third kappa shape index (κ3) is 1.05. The van der Waals surface area contributed by atoms with Crippen molar-refractivity contribution in [1.29, 1.82) is 0 Å². The van der Waals surface area contributed by atoms with E-state index < -0.39 is 0 Å². The van der Waals surface area contributed by atoms with Crippen LogP contribution >= 0.6 is 0 Å². The maximum atomic E-state index is 2.51. The molecule has 12 heavy (non-hydrogen) atoms. The lowest BCUT2D eigenvalue weighted by molar-refractivity contribution is 0.290. The van der Waals surface area contributed by atoms with Crippen molar-refractivity contribution < 1.29 is 0 Å². The van der Waals surface area contributed by atoms with Gasteiger partial charge in [0.05, 0.1) is 6.26 Å². The van der Waals surface area contributed by atoms with Gasteiger partial charge in [0, 0.05) is 18.3 Å². The summed E-state index contributed by atoms with van der Waals surface area (Å²) in [5.41, 5.74) is 0. The minimum atomic E-state index is 0.662. The van der Waals surface area contributed by atoms with Gasteiger partial charge >= 0.3 is 0 Å². The van der Waals surface area contributed by atoms with Gasteiger partial charge in [0.25, 0.3) is 0 Å². The van der Waals surface area contributed by atoms with Crippen LogP contribution in [0.3, 0.4) is 0 Å². The van der Waals surface area contributed by atoms with Crippen molar-refractivity contribution in [1.82, 2.24) is 0 Å². The first-order valence-electron chi connectivity index (χ1n) is 5.18. The molecular weight excluding hydrogens is 164 g/mol. The zero-order chi connectivity index (χ0) is 8.93. The first kappa shape index (κ1) is 8.93. The fraction of sp³-hybridized carbons (Fsp3) is 1.00. The highest BCUT2D eigenvalue weighted by Crippen LogP contribution is 2.51. The van der Waals surface area contributed by atoms with Gasteiger partial charge in [0.2, 0.25) is 0 Å². The maximum Gasteiger partial charge on any atom is 0.125 e. The summed E-state index contributed by atoms with van der Waals surface area (Å²) in [5.74, 6) is 2.06. The molecule has 1 saturated carbocycles. The van der Waals surface area contributed by atoms with Crippen LogP contribution in [0.15, 0.2) is 0 Å². The summed E-state index contributed by atoms with van der Waals surface area (Å²) < 4.78 is 0.662. The summed E-state index contributed by atoms with van der Waals surface area (Å²) in [5, 5.41) is 1.07. The van der Waals surface area contributed by atoms with E-state index in [0.717, 1.165) is 17.1 Å². The molecular formula is C11H21S+. The molecule has 2 bridgehead atoms. The van der Waals surface area contributed by atoms with Crippen LogP contribution in [-0.4, -0.2) is 16.3 Å². The molecule has 0 N–H and O–H groups in total. The lowest BCUT2D eigenvalue weighted by Gasteiger charge is -2.22. The van der Waals surface area contributed by atoms with E-state index in [1.54, 1.807) is 0 Å². The largest absolute Gasteiger partial charge is 0.125 e. The number of rotatable bonds is 0. The maximum absolute atomic E-state index is 2.51. The van der Waals surface area contributed by atoms with Gasteiger partial charge in [-0.05, 0) is 37.6 Å². The molecule has 0 aromatic rings. The lowest BCUT2D eigenvalue weighted by atomic mass is 9.78. The minimum Gasteiger partial charge on any atom is -0.0577 e. The summed E-state index contributed by atoms with van der Waals surface area (Å²) in [6.07, 6.45) is 7.04. The van der Waals surface area contributed by atoms with Crippen molar-refractivity contribution >= 4 is 10.9 Å². The van der Waals surface area contributed by atoms with Gasteiger partial charge in [-0.15, -0.1) is 0 Å². The molecule has 0 amide bonds. The predicted octanol–water partition coefficient (Wildman–Crippen LogP) is 2.83. The van der Waals surface area contributed by atoms with E-state index in [9.17, 15) is 0 Å². The highest BCUT2D eigenvalue weighted by atomic mass is 32.2. The van der Waals surface area contributed by atoms with E-state index in [1.807, 2.05) is 0 Å². The van der Waals surface area contributed by atoms with Crippen LogP contribution in [0.2, 0.25) is 0 Å². The van der Waals surface area contributed by atoms with Gasteiger partial charge in [-0.3, -0.25) is 0 Å². The first-order valence-corrected chi connectivity index (χ1v) is 6.88. The second-order valence-electron chi connectivity index (χ2n) is 5.19. The zero-order valence-corrected chi connectivity index (χ0v) is 9.58. The van der Waals surface area contributed by atoms with Crippen LogP contribution in [0.25, 0.3) is 0 Å². The van der Waals surface area contributed by atoms with Crippen molar-refractivity contribution in [2.24, 2.45) is 11.8 Å². The smallest absolute Gasteiger partial charge is 0.0577 e. The Balaban J connectivity index is 2.25. The molecule has 4 atom stereocenters. The van der Waals surface area contributed by atoms with E-state index in [2.05, 4.69) is 27.0 Å². The Morgan fingerprint density at radius 2 is 1.92 bits per heavy atom. The number of hydrogen-bond acceptors (Lipinski definition) is 0. The second-order valence-corrected chi connectivity index (χ2v) is 7.96. The van der Waals surface area contributed by atoms with Gasteiger partial charge in [-0.25, -0.2) is 0 Å². The highest BCUT2D eigenvalue weighted by Gasteiger charge is 2.58. The third-order valence-corrected chi connectivity index (χ3v) is 7.95. The topological polar surface area (TPSA) is 0 Å². The molecule has 1 heterocycles. The average Bonchev–Trinajstić information content (AvgIpc) is 2.20. The Morgan fingerprint density at radius 3 is 2.50 bits per heavy atom. The van der Waals surface area contributed by atoms with Gasteiger partial charge in [-0.2, -0.15) is 0 Å². The summed E-state index contributed by atoms with van der Waals surface area (Å²) in [4.78, 5) is 0. The number of fused-ring (bicyclic) bond motifs is 2. The van der Waals surface area contributed by atoms with Crippen molar-refractivity contribution in [2.45, 2.75) is 50.0 Å². The van der Waals surface area contributed by atoms with E-state index in [4.69, 9.17) is 0 Å². The third-order valence-electron chi connectivity index (χ3n) is 4.39. The highest BCUT2D eigenvalue weighted by molar-refractivity contribution is 7.98. The lowest BCUT2D eigenvalue weighted by Crippen LogP contribution is -2.33. The molecule has 70 valence electrons. The van der Waals surface area contributed by atoms with Gasteiger partial charge in [0.1, 0.15) is 10.00 Å². The molecule has 1 heteroatoms. The molecule has 0 nitrogen and oxygen atoms in total. The molecule has 0 radical (unpaired) electrons. The molecule has 0 spiro atoms. The van der Waals surface area contributed by atoms with Crippen LogP contribution in [-0.2, 0) is 10.9 Å². The normalized spacial score (nSPS) is 51.0. The molecule has 2 rings (SSSR count). The minimum absolute atomic E-state index is 0.662. The molecule has 2 aliphatic rings. The number of hydrogen-bond donors (Lipinski definition) is 0. The van der Waals surface area contributed by atoms with Crippen LogP contribution in [0, 0.1) is 11.8 Å². The van der Waals surface area contributed by atoms with Crippen LogP contribution in [0.1, 0.15) is 40.0 Å². The van der Waals surface area contributed by atoms with Gasteiger partial charge < -0.3 is 0 Å². The van der Waals surface area contributed by atoms with Gasteiger partial charge in [-0.1, -0.05) is 6.92 Å². The van der Waals surface area contributed by atoms with Crippen molar-refractivity contribution in [3.63, 3.8) is 0 Å². The van der Waals surface area contributed by atoms with Crippen LogP contribution in [0.4, 0.5) is 0 Å². The Hall–Kier alpha value is 0.350. The van der Waals surface area contributed by atoms with Gasteiger partial charge in [0.15, 0.2) is 0 Å². The average molecular weight is 185 g/mol. The predicted molar refractivity (Wildman–Crippen MR) is 57.7 cm³/mol. The summed E-state index contributed by atoms with van der Waals surface area (Å²) in [7, 11) is 0.681. The Labute approximate surface area is 79.5 Å². The monoisotopic (exact) mass is 185 g/mol. The van der Waals surface area contributed by atoms with E-state index in [0.29, 0.717) is 15.6 Å². The SMILES string of the molecule is CC1CCC2CC1[S+](C)C2(C)C. The molecule has 2 fully saturated rings. The Kier molecular flexibility index (Phi) is 1.98. The van der Waals surface area contributed by atoms with E-state index >= 15 is 0 Å². The van der Waals surface area contributed by atoms with Crippen LogP contribution in [0.5, 0.6) is 0 Å². The molecule has 4 unspecified atom stereocenters. The van der Waals surface area contributed by atoms with Crippen molar-refractivity contribution in [2.75, 3.05) is 6.26 Å². The molecule has 1 saturated heterocycles. The van der Waals surface area contributed by atoms with E-state index in [1.165, 1.54) is 19.3 Å². The van der Waals surface area contributed by atoms with Crippen molar-refractivity contribution in [3.05, 3.63) is 0 Å².